The van der Waals surface area contributed by atoms with E-state index >= 15 is 0 Å². The SMILES string of the molecule is Cc1cccc(N2CCC(N(C)CC(=O)O)C2)c1. The number of nitrogens with zero attached hydrogens (tertiary/aromatic N) is 2. The number of carboxylic acids is 1. The summed E-state index contributed by atoms with van der Waals surface area (Å²) in [4.78, 5) is 15.0. The van der Waals surface area contributed by atoms with Crippen molar-refractivity contribution in [2.45, 2.75) is 19.4 Å². The van der Waals surface area contributed by atoms with E-state index < -0.39 is 5.97 Å². The molecule has 0 radical (unpaired) electrons. The topological polar surface area (TPSA) is 43.8 Å². The molecule has 0 spiro atoms. The Morgan fingerprint density at radius 3 is 3.00 bits per heavy atom. The van der Waals surface area contributed by atoms with Gasteiger partial charge in [0, 0.05) is 24.8 Å². The van der Waals surface area contributed by atoms with Crippen molar-refractivity contribution < 1.29 is 9.90 Å². The summed E-state index contributed by atoms with van der Waals surface area (Å²) >= 11 is 0. The lowest BCUT2D eigenvalue weighted by molar-refractivity contribution is -0.138. The molecule has 0 aromatic heterocycles. The number of aliphatic carboxylic acids is 1. The van der Waals surface area contributed by atoms with Gasteiger partial charge in [-0.2, -0.15) is 0 Å². The number of rotatable bonds is 4. The van der Waals surface area contributed by atoms with E-state index in [4.69, 9.17) is 5.11 Å². The first kappa shape index (κ1) is 12.9. The van der Waals surface area contributed by atoms with Crippen LogP contribution in [0.5, 0.6) is 0 Å². The zero-order valence-corrected chi connectivity index (χ0v) is 11.0. The van der Waals surface area contributed by atoms with Gasteiger partial charge in [-0.25, -0.2) is 0 Å². The third kappa shape index (κ3) is 3.01. The van der Waals surface area contributed by atoms with E-state index in [1.54, 1.807) is 0 Å². The van der Waals surface area contributed by atoms with Gasteiger partial charge >= 0.3 is 5.97 Å². The fraction of sp³-hybridized carbons (Fsp3) is 0.500. The van der Waals surface area contributed by atoms with Gasteiger partial charge in [-0.15, -0.1) is 0 Å². The van der Waals surface area contributed by atoms with Gasteiger partial charge in [0.25, 0.3) is 0 Å². The number of anilines is 1. The van der Waals surface area contributed by atoms with Crippen molar-refractivity contribution >= 4 is 11.7 Å². The summed E-state index contributed by atoms with van der Waals surface area (Å²) in [5.41, 5.74) is 2.50. The highest BCUT2D eigenvalue weighted by molar-refractivity contribution is 5.69. The Morgan fingerprint density at radius 2 is 2.33 bits per heavy atom. The number of hydrogen-bond acceptors (Lipinski definition) is 3. The Labute approximate surface area is 108 Å². The molecule has 0 bridgehead atoms. The van der Waals surface area contributed by atoms with Crippen molar-refractivity contribution in [1.82, 2.24) is 4.90 Å². The smallest absolute Gasteiger partial charge is 0.317 e. The number of aryl methyl sites for hydroxylation is 1. The van der Waals surface area contributed by atoms with E-state index in [2.05, 4.69) is 36.1 Å². The summed E-state index contributed by atoms with van der Waals surface area (Å²) in [6.07, 6.45) is 1.03. The first-order chi connectivity index (χ1) is 8.56. The highest BCUT2D eigenvalue weighted by Crippen LogP contribution is 2.23. The number of hydrogen-bond donors (Lipinski definition) is 1. The van der Waals surface area contributed by atoms with Crippen LogP contribution in [0.4, 0.5) is 5.69 Å². The zero-order chi connectivity index (χ0) is 13.1. The second-order valence-corrected chi connectivity index (χ2v) is 5.04. The van der Waals surface area contributed by atoms with Crippen molar-refractivity contribution in [2.75, 3.05) is 31.6 Å². The van der Waals surface area contributed by atoms with Crippen LogP contribution in [0.3, 0.4) is 0 Å². The molecule has 2 rings (SSSR count). The van der Waals surface area contributed by atoms with E-state index in [0.717, 1.165) is 19.5 Å². The molecule has 4 heteroatoms. The Bertz CT molecular complexity index is 434. The average molecular weight is 248 g/mol. The van der Waals surface area contributed by atoms with Crippen molar-refractivity contribution in [3.63, 3.8) is 0 Å². The predicted molar refractivity (Wildman–Crippen MR) is 72.1 cm³/mol. The van der Waals surface area contributed by atoms with Crippen molar-refractivity contribution in [2.24, 2.45) is 0 Å². The number of benzene rings is 1. The molecule has 98 valence electrons. The van der Waals surface area contributed by atoms with Crippen LogP contribution in [0.15, 0.2) is 24.3 Å². The molecule has 1 fully saturated rings. The van der Waals surface area contributed by atoms with Crippen LogP contribution in [0.25, 0.3) is 0 Å². The third-order valence-corrected chi connectivity index (χ3v) is 3.54. The van der Waals surface area contributed by atoms with Gasteiger partial charge in [0.1, 0.15) is 0 Å². The molecule has 1 aromatic carbocycles. The number of carboxylic acid groups (broad SMARTS) is 1. The lowest BCUT2D eigenvalue weighted by Crippen LogP contribution is -2.37. The Hall–Kier alpha value is -1.55. The maximum absolute atomic E-state index is 10.7. The van der Waals surface area contributed by atoms with Crippen molar-refractivity contribution in [3.8, 4) is 0 Å². The first-order valence-electron chi connectivity index (χ1n) is 6.30. The van der Waals surface area contributed by atoms with Gasteiger partial charge in [-0.05, 0) is 38.1 Å². The summed E-state index contributed by atoms with van der Waals surface area (Å²) < 4.78 is 0. The molecule has 1 saturated heterocycles. The molecule has 1 heterocycles. The number of carbonyl (C=O) groups is 1. The average Bonchev–Trinajstić information content (AvgIpc) is 2.77. The lowest BCUT2D eigenvalue weighted by Gasteiger charge is -2.24. The van der Waals surface area contributed by atoms with E-state index in [1.807, 2.05) is 11.9 Å². The van der Waals surface area contributed by atoms with Crippen LogP contribution < -0.4 is 4.90 Å². The van der Waals surface area contributed by atoms with E-state index in [1.165, 1.54) is 11.3 Å². The molecule has 1 N–H and O–H groups in total. The Morgan fingerprint density at radius 1 is 1.56 bits per heavy atom. The zero-order valence-electron chi connectivity index (χ0n) is 11.0. The van der Waals surface area contributed by atoms with Gasteiger partial charge in [-0.3, -0.25) is 9.69 Å². The van der Waals surface area contributed by atoms with Gasteiger partial charge in [0.05, 0.1) is 6.54 Å². The monoisotopic (exact) mass is 248 g/mol. The molecule has 18 heavy (non-hydrogen) atoms. The predicted octanol–water partition coefficient (Wildman–Crippen LogP) is 1.59. The van der Waals surface area contributed by atoms with E-state index in [9.17, 15) is 4.79 Å². The summed E-state index contributed by atoms with van der Waals surface area (Å²) in [6.45, 7) is 4.12. The minimum absolute atomic E-state index is 0.117. The second-order valence-electron chi connectivity index (χ2n) is 5.04. The second kappa shape index (κ2) is 5.40. The first-order valence-corrected chi connectivity index (χ1v) is 6.30. The van der Waals surface area contributed by atoms with Gasteiger partial charge in [-0.1, -0.05) is 12.1 Å². The van der Waals surface area contributed by atoms with Crippen molar-refractivity contribution in [3.05, 3.63) is 29.8 Å². The van der Waals surface area contributed by atoms with Crippen LogP contribution in [0.2, 0.25) is 0 Å². The fourth-order valence-corrected chi connectivity index (χ4v) is 2.50. The van der Waals surface area contributed by atoms with Gasteiger partial charge in [0.15, 0.2) is 0 Å². The molecule has 0 amide bonds. The minimum atomic E-state index is -0.758. The molecule has 0 saturated carbocycles. The van der Waals surface area contributed by atoms with E-state index in [-0.39, 0.29) is 6.54 Å². The van der Waals surface area contributed by atoms with Gasteiger partial charge in [0.2, 0.25) is 0 Å². The standard InChI is InChI=1S/C14H20N2O2/c1-11-4-3-5-12(8-11)16-7-6-13(9-16)15(2)10-14(17)18/h3-5,8,13H,6-7,9-10H2,1-2H3,(H,17,18). The summed E-state index contributed by atoms with van der Waals surface area (Å²) in [5, 5.41) is 8.81. The third-order valence-electron chi connectivity index (χ3n) is 3.54. The largest absolute Gasteiger partial charge is 0.480 e. The minimum Gasteiger partial charge on any atom is -0.480 e. The Kier molecular flexibility index (Phi) is 3.87. The number of likely N-dealkylation sites (N-methyl/N-ethyl adjacent to an activating group) is 1. The van der Waals surface area contributed by atoms with Gasteiger partial charge < -0.3 is 10.0 Å². The molecule has 1 aliphatic rings. The van der Waals surface area contributed by atoms with Crippen molar-refractivity contribution in [1.29, 1.82) is 0 Å². The molecule has 4 nitrogen and oxygen atoms in total. The fourth-order valence-electron chi connectivity index (χ4n) is 2.50. The highest BCUT2D eigenvalue weighted by Gasteiger charge is 2.26. The van der Waals surface area contributed by atoms with Crippen LogP contribution in [0.1, 0.15) is 12.0 Å². The maximum Gasteiger partial charge on any atom is 0.317 e. The van der Waals surface area contributed by atoms with Crippen LogP contribution in [-0.2, 0) is 4.79 Å². The van der Waals surface area contributed by atoms with Crippen LogP contribution in [-0.4, -0.2) is 48.7 Å². The molecular weight excluding hydrogens is 228 g/mol. The maximum atomic E-state index is 10.7. The molecule has 1 unspecified atom stereocenters. The normalized spacial score (nSPS) is 19.5. The molecule has 1 atom stereocenters. The summed E-state index contributed by atoms with van der Waals surface area (Å²) in [6, 6.07) is 8.79. The molecular formula is C14H20N2O2. The Balaban J connectivity index is 1.98. The highest BCUT2D eigenvalue weighted by atomic mass is 16.4. The van der Waals surface area contributed by atoms with Crippen LogP contribution in [0, 0.1) is 6.92 Å². The summed E-state index contributed by atoms with van der Waals surface area (Å²) in [7, 11) is 1.89. The van der Waals surface area contributed by atoms with Crippen LogP contribution >= 0.6 is 0 Å². The molecule has 1 aliphatic heterocycles. The molecule has 1 aromatic rings. The summed E-state index contributed by atoms with van der Waals surface area (Å²) in [5.74, 6) is -0.758. The van der Waals surface area contributed by atoms with E-state index in [0.29, 0.717) is 6.04 Å². The molecule has 0 aliphatic carbocycles. The quantitative estimate of drug-likeness (QED) is 0.879. The lowest BCUT2D eigenvalue weighted by atomic mass is 10.2.